The molecule has 4 aromatic rings. The third-order valence-electron chi connectivity index (χ3n) is 5.13. The molecule has 0 aliphatic heterocycles. The fourth-order valence-electron chi connectivity index (χ4n) is 3.27. The summed E-state index contributed by atoms with van der Waals surface area (Å²) in [6, 6.07) is 24.2. The van der Waals surface area contributed by atoms with E-state index in [2.05, 4.69) is 55.3 Å². The molecule has 158 valence electrons. The van der Waals surface area contributed by atoms with Crippen LogP contribution >= 0.6 is 11.3 Å². The Hall–Kier alpha value is -3.18. The van der Waals surface area contributed by atoms with E-state index in [9.17, 15) is 4.79 Å². The van der Waals surface area contributed by atoms with Crippen LogP contribution in [0.4, 0.5) is 5.13 Å². The maximum Gasteiger partial charge on any atom is 0.266 e. The minimum atomic E-state index is -0.639. The van der Waals surface area contributed by atoms with Gasteiger partial charge in [0.15, 0.2) is 11.2 Å². The molecular formula is C26H26N2O2S. The van der Waals surface area contributed by atoms with Gasteiger partial charge in [-0.2, -0.15) is 0 Å². The normalized spacial score (nSPS) is 12.5. The smallest absolute Gasteiger partial charge is 0.266 e. The van der Waals surface area contributed by atoms with Gasteiger partial charge in [-0.1, -0.05) is 80.6 Å². The quantitative estimate of drug-likeness (QED) is 0.385. The highest BCUT2D eigenvalue weighted by Gasteiger charge is 2.18. The zero-order chi connectivity index (χ0) is 22.0. The molecule has 0 aliphatic rings. The lowest BCUT2D eigenvalue weighted by Gasteiger charge is -2.18. The third kappa shape index (κ3) is 4.94. The molecule has 1 amide bonds. The van der Waals surface area contributed by atoms with E-state index in [1.807, 2.05) is 48.5 Å². The zero-order valence-electron chi connectivity index (χ0n) is 18.2. The number of fused-ring (bicyclic) bond motifs is 1. The zero-order valence-corrected chi connectivity index (χ0v) is 19.0. The van der Waals surface area contributed by atoms with Crippen molar-refractivity contribution in [3.63, 3.8) is 0 Å². The minimum absolute atomic E-state index is 0.0694. The van der Waals surface area contributed by atoms with Crippen LogP contribution in [0, 0.1) is 0 Å². The van der Waals surface area contributed by atoms with E-state index in [-0.39, 0.29) is 11.3 Å². The Morgan fingerprint density at radius 1 is 0.968 bits per heavy atom. The van der Waals surface area contributed by atoms with Crippen LogP contribution in [0.3, 0.4) is 0 Å². The number of anilines is 1. The Bertz CT molecular complexity index is 1190. The average molecular weight is 431 g/mol. The second kappa shape index (κ2) is 8.52. The highest BCUT2D eigenvalue weighted by Crippen LogP contribution is 2.31. The summed E-state index contributed by atoms with van der Waals surface area (Å²) in [6.45, 7) is 8.29. The van der Waals surface area contributed by atoms with Gasteiger partial charge in [-0.3, -0.25) is 10.1 Å². The van der Waals surface area contributed by atoms with Crippen LogP contribution in [0.5, 0.6) is 5.75 Å². The maximum absolute atomic E-state index is 12.6. The number of ether oxygens (including phenoxy) is 1. The summed E-state index contributed by atoms with van der Waals surface area (Å²) in [4.78, 5) is 17.2. The van der Waals surface area contributed by atoms with Gasteiger partial charge in [0.05, 0.1) is 10.2 Å². The molecule has 1 unspecified atom stereocenters. The molecule has 31 heavy (non-hydrogen) atoms. The fraction of sp³-hybridized carbons (Fsp3) is 0.231. The highest BCUT2D eigenvalue weighted by atomic mass is 32.1. The second-order valence-corrected chi connectivity index (χ2v) is 9.62. The number of nitrogens with zero attached hydrogens (tertiary/aromatic N) is 1. The van der Waals surface area contributed by atoms with Crippen LogP contribution in [-0.2, 0) is 10.2 Å². The Morgan fingerprint density at radius 3 is 2.32 bits per heavy atom. The molecule has 5 heteroatoms. The summed E-state index contributed by atoms with van der Waals surface area (Å²) in [5.41, 5.74) is 4.45. The first-order valence-corrected chi connectivity index (χ1v) is 11.2. The first kappa shape index (κ1) is 21.1. The Kier molecular flexibility index (Phi) is 5.79. The van der Waals surface area contributed by atoms with Crippen molar-refractivity contribution in [1.29, 1.82) is 0 Å². The van der Waals surface area contributed by atoms with Crippen molar-refractivity contribution in [2.45, 2.75) is 39.2 Å². The molecule has 3 aromatic carbocycles. The summed E-state index contributed by atoms with van der Waals surface area (Å²) in [6.07, 6.45) is -0.639. The van der Waals surface area contributed by atoms with E-state index >= 15 is 0 Å². The maximum atomic E-state index is 12.6. The largest absolute Gasteiger partial charge is 0.481 e. The van der Waals surface area contributed by atoms with Gasteiger partial charge in [0.1, 0.15) is 5.75 Å². The van der Waals surface area contributed by atoms with Gasteiger partial charge in [0, 0.05) is 0 Å². The van der Waals surface area contributed by atoms with Crippen LogP contribution in [-0.4, -0.2) is 17.0 Å². The molecule has 0 fully saturated rings. The Balaban J connectivity index is 1.41. The third-order valence-corrected chi connectivity index (χ3v) is 6.06. The number of rotatable bonds is 5. The van der Waals surface area contributed by atoms with E-state index in [1.165, 1.54) is 16.9 Å². The number of amides is 1. The molecule has 4 nitrogen and oxygen atoms in total. The van der Waals surface area contributed by atoms with E-state index in [0.29, 0.717) is 10.9 Å². The van der Waals surface area contributed by atoms with Gasteiger partial charge < -0.3 is 4.74 Å². The number of carbonyl (C=O) groups is 1. The van der Waals surface area contributed by atoms with Crippen LogP contribution < -0.4 is 10.1 Å². The molecule has 0 spiro atoms. The topological polar surface area (TPSA) is 51.2 Å². The first-order valence-electron chi connectivity index (χ1n) is 10.3. The van der Waals surface area contributed by atoms with Gasteiger partial charge in [0.25, 0.3) is 5.91 Å². The van der Waals surface area contributed by atoms with Crippen LogP contribution in [0.15, 0.2) is 72.8 Å². The lowest BCUT2D eigenvalue weighted by Crippen LogP contribution is -2.30. The molecule has 0 radical (unpaired) electrons. The Morgan fingerprint density at radius 2 is 1.65 bits per heavy atom. The molecule has 1 heterocycles. The summed E-state index contributed by atoms with van der Waals surface area (Å²) in [5, 5.41) is 3.47. The highest BCUT2D eigenvalue weighted by molar-refractivity contribution is 7.22. The van der Waals surface area contributed by atoms with Crippen molar-refractivity contribution in [3.05, 3.63) is 78.4 Å². The number of thiazole rings is 1. The van der Waals surface area contributed by atoms with Crippen LogP contribution in [0.1, 0.15) is 33.3 Å². The lowest BCUT2D eigenvalue weighted by atomic mass is 9.87. The number of nitrogens with one attached hydrogen (secondary N) is 1. The molecule has 0 aliphatic carbocycles. The summed E-state index contributed by atoms with van der Waals surface area (Å²) in [5.74, 6) is 0.434. The van der Waals surface area contributed by atoms with Gasteiger partial charge in [0.2, 0.25) is 0 Å². The predicted molar refractivity (Wildman–Crippen MR) is 129 cm³/mol. The number of carbonyl (C=O) groups excluding carboxylic acids is 1. The fourth-order valence-corrected chi connectivity index (χ4v) is 4.17. The van der Waals surface area contributed by atoms with E-state index < -0.39 is 6.10 Å². The first-order chi connectivity index (χ1) is 14.8. The van der Waals surface area contributed by atoms with Crippen LogP contribution in [0.25, 0.3) is 21.3 Å². The average Bonchev–Trinajstić information content (AvgIpc) is 3.15. The number of hydrogen-bond donors (Lipinski definition) is 1. The molecule has 1 N–H and O–H groups in total. The van der Waals surface area contributed by atoms with Gasteiger partial charge >= 0.3 is 0 Å². The standard InChI is InChI=1S/C26H26N2O2S/c1-17(30-21-13-10-19(11-14-21)18-8-6-5-7-9-18)24(29)28-25-27-22-15-12-20(26(2,3)4)16-23(22)31-25/h5-17H,1-4H3,(H,27,28,29). The van der Waals surface area contributed by atoms with Gasteiger partial charge in [-0.25, -0.2) is 4.98 Å². The van der Waals surface area contributed by atoms with E-state index in [4.69, 9.17) is 4.74 Å². The Labute approximate surface area is 186 Å². The predicted octanol–water partition coefficient (Wildman–Crippen LogP) is 6.67. The molecule has 0 saturated heterocycles. The summed E-state index contributed by atoms with van der Waals surface area (Å²) < 4.78 is 6.90. The number of aromatic nitrogens is 1. The second-order valence-electron chi connectivity index (χ2n) is 8.59. The molecule has 0 saturated carbocycles. The number of benzene rings is 3. The summed E-state index contributed by atoms with van der Waals surface area (Å²) in [7, 11) is 0. The van der Waals surface area contributed by atoms with Crippen molar-refractivity contribution < 1.29 is 9.53 Å². The molecule has 0 bridgehead atoms. The van der Waals surface area contributed by atoms with Crippen LogP contribution in [0.2, 0.25) is 0 Å². The van der Waals surface area contributed by atoms with Gasteiger partial charge in [-0.15, -0.1) is 0 Å². The number of hydrogen-bond acceptors (Lipinski definition) is 4. The monoisotopic (exact) mass is 430 g/mol. The van der Waals surface area contributed by atoms with Crippen molar-refractivity contribution in [3.8, 4) is 16.9 Å². The lowest BCUT2D eigenvalue weighted by molar-refractivity contribution is -0.122. The van der Waals surface area contributed by atoms with Crippen molar-refractivity contribution in [2.75, 3.05) is 5.32 Å². The van der Waals surface area contributed by atoms with Crippen molar-refractivity contribution in [1.82, 2.24) is 4.98 Å². The van der Waals surface area contributed by atoms with Crippen molar-refractivity contribution >= 4 is 32.6 Å². The minimum Gasteiger partial charge on any atom is -0.481 e. The van der Waals surface area contributed by atoms with Gasteiger partial charge in [-0.05, 0) is 53.3 Å². The van der Waals surface area contributed by atoms with Crippen molar-refractivity contribution in [2.24, 2.45) is 0 Å². The molecule has 1 atom stereocenters. The molecule has 1 aromatic heterocycles. The summed E-state index contributed by atoms with van der Waals surface area (Å²) >= 11 is 1.48. The molecule has 4 rings (SSSR count). The van der Waals surface area contributed by atoms with E-state index in [1.54, 1.807) is 6.92 Å². The molecular weight excluding hydrogens is 404 g/mol. The van der Waals surface area contributed by atoms with E-state index in [0.717, 1.165) is 21.3 Å². The SMILES string of the molecule is CC(Oc1ccc(-c2ccccc2)cc1)C(=O)Nc1nc2ccc(C(C)(C)C)cc2s1.